The van der Waals surface area contributed by atoms with E-state index in [1.165, 1.54) is 0 Å². The van der Waals surface area contributed by atoms with Crippen molar-refractivity contribution in [3.05, 3.63) is 0 Å². The van der Waals surface area contributed by atoms with Gasteiger partial charge in [0, 0.05) is 0 Å². The molecule has 1 heterocycles. The topological polar surface area (TPSA) is 71.1 Å². The van der Waals surface area contributed by atoms with Crippen LogP contribution >= 0.6 is 0 Å². The molecule has 0 aliphatic carbocycles. The molecule has 0 aromatic heterocycles. The highest BCUT2D eigenvalue weighted by atomic mass is 17.3. The van der Waals surface area contributed by atoms with Crippen molar-refractivity contribution < 1.29 is 28.8 Å². The van der Waals surface area contributed by atoms with Gasteiger partial charge >= 0.3 is 12.3 Å². The highest BCUT2D eigenvalue weighted by Crippen LogP contribution is 2.01. The largest absolute Gasteiger partial charge is 0.550 e. The molecule has 0 aromatic carbocycles. The number of hydrogen-bond donors (Lipinski definition) is 0. The third-order valence-corrected chi connectivity index (χ3v) is 0.911. The third kappa shape index (κ3) is 2.32. The van der Waals surface area contributed by atoms with E-state index in [1.54, 1.807) is 6.92 Å². The maximum atomic E-state index is 10.4. The summed E-state index contributed by atoms with van der Waals surface area (Å²) in [5.41, 5.74) is 0. The lowest BCUT2D eigenvalue weighted by Crippen LogP contribution is -2.27. The van der Waals surface area contributed by atoms with Gasteiger partial charge in [-0.25, -0.2) is 0 Å². The van der Waals surface area contributed by atoms with E-state index in [9.17, 15) is 9.59 Å². The third-order valence-electron chi connectivity index (χ3n) is 0.911. The molecule has 1 fully saturated rings. The first-order valence-corrected chi connectivity index (χ1v) is 2.90. The van der Waals surface area contributed by atoms with Crippen LogP contribution in [0, 0.1) is 0 Å². The fraction of sp³-hybridized carbons (Fsp3) is 0.600. The van der Waals surface area contributed by atoms with E-state index in [1.807, 2.05) is 0 Å². The van der Waals surface area contributed by atoms with Gasteiger partial charge in [-0.1, -0.05) is 0 Å². The van der Waals surface area contributed by atoms with Crippen LogP contribution in [0.25, 0.3) is 0 Å². The average molecular weight is 162 g/mol. The maximum Gasteiger partial charge on any atom is 0.550 e. The standard InChI is InChI=1S/C5H6O6/c1-3-2-8-4(6)10-11-5(7)9-3/h3H,2H2,1H3. The van der Waals surface area contributed by atoms with Crippen molar-refractivity contribution in [3.63, 3.8) is 0 Å². The minimum Gasteiger partial charge on any atom is -0.428 e. The molecule has 0 N–H and O–H groups in total. The van der Waals surface area contributed by atoms with E-state index in [2.05, 4.69) is 19.2 Å². The van der Waals surface area contributed by atoms with Crippen LogP contribution in [0.4, 0.5) is 9.59 Å². The fourth-order valence-electron chi connectivity index (χ4n) is 0.495. The first kappa shape index (κ1) is 7.64. The molecular weight excluding hydrogens is 156 g/mol. The van der Waals surface area contributed by atoms with Crippen LogP contribution in [0.1, 0.15) is 6.92 Å². The Morgan fingerprint density at radius 1 is 1.27 bits per heavy atom. The van der Waals surface area contributed by atoms with Gasteiger partial charge < -0.3 is 9.47 Å². The van der Waals surface area contributed by atoms with Gasteiger partial charge in [0.15, 0.2) is 0 Å². The zero-order valence-corrected chi connectivity index (χ0v) is 5.73. The smallest absolute Gasteiger partial charge is 0.428 e. The summed E-state index contributed by atoms with van der Waals surface area (Å²) >= 11 is 0. The summed E-state index contributed by atoms with van der Waals surface area (Å²) in [7, 11) is 0. The van der Waals surface area contributed by atoms with Gasteiger partial charge in [0.05, 0.1) is 0 Å². The minimum atomic E-state index is -1.05. The Balaban J connectivity index is 2.47. The minimum absolute atomic E-state index is 0.0338. The predicted molar refractivity (Wildman–Crippen MR) is 29.5 cm³/mol. The van der Waals surface area contributed by atoms with Gasteiger partial charge in [0.2, 0.25) is 0 Å². The lowest BCUT2D eigenvalue weighted by atomic mass is 10.4. The van der Waals surface area contributed by atoms with E-state index in [-0.39, 0.29) is 6.61 Å². The van der Waals surface area contributed by atoms with E-state index in [4.69, 9.17) is 0 Å². The molecule has 1 unspecified atom stereocenters. The quantitative estimate of drug-likeness (QED) is 0.384. The van der Waals surface area contributed by atoms with E-state index >= 15 is 0 Å². The van der Waals surface area contributed by atoms with Crippen molar-refractivity contribution in [2.24, 2.45) is 0 Å². The Labute approximate surface area is 61.9 Å². The van der Waals surface area contributed by atoms with Gasteiger partial charge in [-0.3, -0.25) is 0 Å². The molecule has 0 amide bonds. The van der Waals surface area contributed by atoms with Crippen molar-refractivity contribution in [1.82, 2.24) is 0 Å². The van der Waals surface area contributed by atoms with Crippen LogP contribution in [0.2, 0.25) is 0 Å². The first-order valence-electron chi connectivity index (χ1n) is 2.90. The Morgan fingerprint density at radius 3 is 2.64 bits per heavy atom. The molecule has 6 nitrogen and oxygen atoms in total. The predicted octanol–water partition coefficient (Wildman–Crippen LogP) is 0.610. The van der Waals surface area contributed by atoms with Crippen LogP contribution in [-0.4, -0.2) is 25.0 Å². The van der Waals surface area contributed by atoms with Crippen molar-refractivity contribution in [2.75, 3.05) is 6.61 Å². The fourth-order valence-corrected chi connectivity index (χ4v) is 0.495. The summed E-state index contributed by atoms with van der Waals surface area (Å²) in [6, 6.07) is 0. The van der Waals surface area contributed by atoms with Crippen molar-refractivity contribution >= 4 is 12.3 Å². The number of hydrogen-bond acceptors (Lipinski definition) is 6. The molecule has 0 saturated carbocycles. The zero-order chi connectivity index (χ0) is 8.27. The van der Waals surface area contributed by atoms with Crippen LogP contribution in [-0.2, 0) is 19.2 Å². The van der Waals surface area contributed by atoms with Crippen LogP contribution in [0.15, 0.2) is 0 Å². The number of ether oxygens (including phenoxy) is 2. The summed E-state index contributed by atoms with van der Waals surface area (Å²) in [6.07, 6.45) is -2.61. The summed E-state index contributed by atoms with van der Waals surface area (Å²) < 4.78 is 8.86. The summed E-state index contributed by atoms with van der Waals surface area (Å²) in [6.45, 7) is 1.52. The maximum absolute atomic E-state index is 10.4. The Kier molecular flexibility index (Phi) is 2.15. The molecule has 1 atom stereocenters. The average Bonchev–Trinajstić information content (AvgIpc) is 1.95. The lowest BCUT2D eigenvalue weighted by Gasteiger charge is -2.14. The molecule has 6 heteroatoms. The highest BCUT2D eigenvalue weighted by molar-refractivity contribution is 5.64. The Bertz CT molecular complexity index is 176. The second-order valence-electron chi connectivity index (χ2n) is 1.91. The SMILES string of the molecule is CC1COC(=O)OOC(=O)O1. The molecule has 62 valence electrons. The van der Waals surface area contributed by atoms with Gasteiger partial charge in [-0.05, 0) is 6.92 Å². The number of carbonyl (C=O) groups excluding carboxylic acids is 2. The zero-order valence-electron chi connectivity index (χ0n) is 5.73. The van der Waals surface area contributed by atoms with Crippen molar-refractivity contribution in [3.8, 4) is 0 Å². The van der Waals surface area contributed by atoms with Gasteiger partial charge in [-0.15, -0.1) is 0 Å². The molecule has 0 bridgehead atoms. The Hall–Kier alpha value is -1.46. The second kappa shape index (κ2) is 3.09. The number of carbonyl (C=O) groups is 2. The highest BCUT2D eigenvalue weighted by Gasteiger charge is 2.20. The molecule has 0 aromatic rings. The second-order valence-corrected chi connectivity index (χ2v) is 1.91. The van der Waals surface area contributed by atoms with E-state index < -0.39 is 18.4 Å². The van der Waals surface area contributed by atoms with Gasteiger partial charge in [-0.2, -0.15) is 19.4 Å². The molecule has 1 aliphatic heterocycles. The summed E-state index contributed by atoms with van der Waals surface area (Å²) in [5, 5.41) is 0. The molecule has 1 saturated heterocycles. The summed E-state index contributed by atoms with van der Waals surface area (Å²) in [5.74, 6) is 0. The molecular formula is C5H6O6. The Morgan fingerprint density at radius 2 is 1.91 bits per heavy atom. The van der Waals surface area contributed by atoms with Gasteiger partial charge in [0.25, 0.3) is 0 Å². The van der Waals surface area contributed by atoms with Crippen molar-refractivity contribution in [1.29, 1.82) is 0 Å². The summed E-state index contributed by atoms with van der Waals surface area (Å²) in [4.78, 5) is 28.4. The van der Waals surface area contributed by atoms with Crippen LogP contribution < -0.4 is 0 Å². The first-order chi connectivity index (χ1) is 5.18. The number of cyclic esters (lactones) is 2. The molecule has 0 spiro atoms. The van der Waals surface area contributed by atoms with Gasteiger partial charge in [0.1, 0.15) is 12.7 Å². The monoisotopic (exact) mass is 162 g/mol. The molecule has 1 aliphatic rings. The van der Waals surface area contributed by atoms with Crippen LogP contribution in [0.3, 0.4) is 0 Å². The van der Waals surface area contributed by atoms with E-state index in [0.717, 1.165) is 0 Å². The molecule has 11 heavy (non-hydrogen) atoms. The molecule has 0 radical (unpaired) electrons. The van der Waals surface area contributed by atoms with E-state index in [0.29, 0.717) is 0 Å². The van der Waals surface area contributed by atoms with Crippen LogP contribution in [0.5, 0.6) is 0 Å². The lowest BCUT2D eigenvalue weighted by molar-refractivity contribution is -0.235. The number of rotatable bonds is 0. The normalized spacial score (nSPS) is 25.0. The van der Waals surface area contributed by atoms with Crippen molar-refractivity contribution in [2.45, 2.75) is 13.0 Å². The molecule has 1 rings (SSSR count).